The fourth-order valence-electron chi connectivity index (χ4n) is 5.39. The highest BCUT2D eigenvalue weighted by molar-refractivity contribution is 7.89. The van der Waals surface area contributed by atoms with Gasteiger partial charge in [-0.2, -0.15) is 0 Å². The van der Waals surface area contributed by atoms with E-state index in [1.165, 1.54) is 18.2 Å². The Labute approximate surface area is 274 Å². The van der Waals surface area contributed by atoms with Crippen LogP contribution in [0.5, 0.6) is 11.6 Å². The van der Waals surface area contributed by atoms with Gasteiger partial charge >= 0.3 is 6.03 Å². The van der Waals surface area contributed by atoms with Crippen LogP contribution in [0.25, 0.3) is 0 Å². The first-order valence-corrected chi connectivity index (χ1v) is 16.9. The Kier molecular flexibility index (Phi) is 11.5. The first-order chi connectivity index (χ1) is 22.7. The molecular formula is C34H39FN6O5S. The molecular weight excluding hydrogens is 623 g/mol. The molecule has 0 radical (unpaired) electrons. The molecule has 13 heteroatoms. The summed E-state index contributed by atoms with van der Waals surface area (Å²) in [4.78, 5) is 24.0. The van der Waals surface area contributed by atoms with Crippen LogP contribution >= 0.6 is 0 Å². The number of rotatable bonds is 13. The van der Waals surface area contributed by atoms with Gasteiger partial charge in [0.05, 0.1) is 22.9 Å². The third-order valence-electron chi connectivity index (χ3n) is 7.86. The molecule has 11 nitrogen and oxygen atoms in total. The molecule has 0 bridgehead atoms. The lowest BCUT2D eigenvalue weighted by molar-refractivity contribution is 0.108. The normalized spacial score (nSPS) is 16.8. The number of nitrogens with one attached hydrogen (secondary N) is 3. The smallest absolute Gasteiger partial charge is 0.320 e. The van der Waals surface area contributed by atoms with Crippen LogP contribution in [0, 0.1) is 12.7 Å². The SMILES string of the molecule is COCCCNS(=O)(=O)c1ccc(Oc2ccc(CN3CCC(c4cccc(F)c4)CC3NC(=O)Nc3ccc(C)nc3)cn2)cc1. The summed E-state index contributed by atoms with van der Waals surface area (Å²) in [5, 5.41) is 5.95. The van der Waals surface area contributed by atoms with Crippen LogP contribution < -0.4 is 20.1 Å². The number of methoxy groups -OCH3 is 1. The van der Waals surface area contributed by atoms with E-state index in [2.05, 4.69) is 30.2 Å². The fraction of sp³-hybridized carbons (Fsp3) is 0.324. The van der Waals surface area contributed by atoms with Crippen molar-refractivity contribution in [2.24, 2.45) is 0 Å². The van der Waals surface area contributed by atoms with E-state index in [9.17, 15) is 17.6 Å². The number of sulfonamides is 1. The van der Waals surface area contributed by atoms with Gasteiger partial charge in [-0.1, -0.05) is 18.2 Å². The van der Waals surface area contributed by atoms with Crippen LogP contribution in [0.4, 0.5) is 14.9 Å². The number of ether oxygens (including phenoxy) is 2. The average molecular weight is 663 g/mol. The van der Waals surface area contributed by atoms with E-state index in [1.807, 2.05) is 25.1 Å². The number of carbonyl (C=O) groups is 1. The Balaban J connectivity index is 1.22. The van der Waals surface area contributed by atoms with Crippen LogP contribution in [-0.2, 0) is 21.3 Å². The largest absolute Gasteiger partial charge is 0.439 e. The molecule has 2 unspecified atom stereocenters. The number of anilines is 1. The van der Waals surface area contributed by atoms with Gasteiger partial charge in [-0.25, -0.2) is 27.3 Å². The maximum atomic E-state index is 14.0. The molecule has 248 valence electrons. The van der Waals surface area contributed by atoms with E-state index in [-0.39, 0.29) is 35.4 Å². The first-order valence-electron chi connectivity index (χ1n) is 15.4. The van der Waals surface area contributed by atoms with Crippen LogP contribution in [0.1, 0.15) is 42.0 Å². The van der Waals surface area contributed by atoms with E-state index >= 15 is 0 Å². The number of urea groups is 1. The second-order valence-electron chi connectivity index (χ2n) is 11.4. The van der Waals surface area contributed by atoms with Crippen LogP contribution in [0.3, 0.4) is 0 Å². The van der Waals surface area contributed by atoms with E-state index in [4.69, 9.17) is 9.47 Å². The molecule has 2 amide bonds. The standard InChI is InChI=1S/C34H39FN6O5S/c1-24-7-9-29(22-36-24)39-34(42)40-32-20-27(26-5-3-6-28(35)19-26)15-17-41(32)23-25-8-14-33(37-21-25)46-30-10-12-31(13-11-30)47(43,44)38-16-4-18-45-2/h3,5-14,19,21-22,27,32,38H,4,15-18,20,23H2,1-2H3,(H2,39,40,42). The predicted molar refractivity (Wildman–Crippen MR) is 176 cm³/mol. The predicted octanol–water partition coefficient (Wildman–Crippen LogP) is 5.56. The van der Waals surface area contributed by atoms with Gasteiger partial charge in [0.1, 0.15) is 11.6 Å². The van der Waals surface area contributed by atoms with Crippen molar-refractivity contribution in [1.29, 1.82) is 0 Å². The summed E-state index contributed by atoms with van der Waals surface area (Å²) in [6.07, 6.45) is 4.98. The number of benzene rings is 2. The van der Waals surface area contributed by atoms with E-state index in [0.717, 1.165) is 23.2 Å². The average Bonchev–Trinajstić information content (AvgIpc) is 3.06. The van der Waals surface area contributed by atoms with Gasteiger partial charge in [0, 0.05) is 51.3 Å². The van der Waals surface area contributed by atoms with Gasteiger partial charge in [0.2, 0.25) is 15.9 Å². The molecule has 0 saturated carbocycles. The first kappa shape index (κ1) is 33.9. The second kappa shape index (κ2) is 15.9. The van der Waals surface area contributed by atoms with Gasteiger partial charge in [-0.3, -0.25) is 9.88 Å². The molecule has 2 aromatic carbocycles. The number of pyridine rings is 2. The van der Waals surface area contributed by atoms with Gasteiger partial charge in [-0.15, -0.1) is 0 Å². The summed E-state index contributed by atoms with van der Waals surface area (Å²) in [5.74, 6) is 0.601. The third-order valence-corrected chi connectivity index (χ3v) is 9.33. The second-order valence-corrected chi connectivity index (χ2v) is 13.1. The number of aromatic nitrogens is 2. The minimum Gasteiger partial charge on any atom is -0.439 e. The van der Waals surface area contributed by atoms with Gasteiger partial charge in [0.25, 0.3) is 0 Å². The highest BCUT2D eigenvalue weighted by Gasteiger charge is 2.31. The number of nitrogens with zero attached hydrogens (tertiary/aromatic N) is 3. The van der Waals surface area contributed by atoms with E-state index < -0.39 is 10.0 Å². The molecule has 47 heavy (non-hydrogen) atoms. The highest BCUT2D eigenvalue weighted by atomic mass is 32.2. The van der Waals surface area contributed by atoms with Crippen molar-refractivity contribution in [1.82, 2.24) is 24.9 Å². The van der Waals surface area contributed by atoms with Crippen molar-refractivity contribution < 1.29 is 27.1 Å². The Morgan fingerprint density at radius 3 is 2.57 bits per heavy atom. The lowest BCUT2D eigenvalue weighted by atomic mass is 9.87. The number of halogens is 1. The molecule has 4 aromatic rings. The molecule has 5 rings (SSSR count). The monoisotopic (exact) mass is 662 g/mol. The van der Waals surface area contributed by atoms with Crippen LogP contribution in [-0.4, -0.2) is 62.3 Å². The molecule has 0 spiro atoms. The zero-order chi connectivity index (χ0) is 33.2. The van der Waals surface area contributed by atoms with Crippen molar-refractivity contribution in [3.63, 3.8) is 0 Å². The number of piperidine rings is 1. The van der Waals surface area contributed by atoms with Gasteiger partial charge in [-0.05, 0) is 91.8 Å². The summed E-state index contributed by atoms with van der Waals surface area (Å²) < 4.78 is 52.4. The highest BCUT2D eigenvalue weighted by Crippen LogP contribution is 2.32. The van der Waals surface area contributed by atoms with Crippen LogP contribution in [0.15, 0.2) is 90.1 Å². The van der Waals surface area contributed by atoms with Crippen molar-refractivity contribution in [3.8, 4) is 11.6 Å². The molecule has 2 atom stereocenters. The molecule has 0 aliphatic carbocycles. The maximum absolute atomic E-state index is 14.0. The Bertz CT molecular complexity index is 1720. The molecule has 1 aliphatic heterocycles. The summed E-state index contributed by atoms with van der Waals surface area (Å²) in [6.45, 7) is 3.82. The topological polar surface area (TPSA) is 135 Å². The molecule has 3 heterocycles. The number of aryl methyl sites for hydroxylation is 1. The van der Waals surface area contributed by atoms with Crippen LogP contribution in [0.2, 0.25) is 0 Å². The number of hydrogen-bond acceptors (Lipinski definition) is 8. The minimum atomic E-state index is -3.63. The molecule has 1 fully saturated rings. The Morgan fingerprint density at radius 2 is 1.87 bits per heavy atom. The number of hydrogen-bond donors (Lipinski definition) is 3. The van der Waals surface area contributed by atoms with Crippen molar-refractivity contribution in [2.45, 2.75) is 49.7 Å². The Hall–Kier alpha value is -4.43. The molecule has 2 aromatic heterocycles. The number of amides is 2. The van der Waals surface area contributed by atoms with Crippen molar-refractivity contribution >= 4 is 21.7 Å². The number of likely N-dealkylation sites (tertiary alicyclic amines) is 1. The summed E-state index contributed by atoms with van der Waals surface area (Å²) in [5.41, 5.74) is 3.26. The third kappa shape index (κ3) is 9.78. The lowest BCUT2D eigenvalue weighted by Gasteiger charge is -2.40. The van der Waals surface area contributed by atoms with Gasteiger partial charge in [0.15, 0.2) is 0 Å². The number of carbonyl (C=O) groups excluding carboxylic acids is 1. The van der Waals surface area contributed by atoms with Crippen molar-refractivity contribution in [2.75, 3.05) is 32.1 Å². The lowest BCUT2D eigenvalue weighted by Crippen LogP contribution is -2.52. The zero-order valence-electron chi connectivity index (χ0n) is 26.4. The molecule has 1 aliphatic rings. The quantitative estimate of drug-likeness (QED) is 0.159. The fourth-order valence-corrected chi connectivity index (χ4v) is 6.46. The molecule has 1 saturated heterocycles. The summed E-state index contributed by atoms with van der Waals surface area (Å²) >= 11 is 0. The zero-order valence-corrected chi connectivity index (χ0v) is 27.2. The maximum Gasteiger partial charge on any atom is 0.320 e. The summed E-state index contributed by atoms with van der Waals surface area (Å²) in [7, 11) is -2.06. The Morgan fingerprint density at radius 1 is 1.04 bits per heavy atom. The van der Waals surface area contributed by atoms with Gasteiger partial charge < -0.3 is 20.1 Å². The van der Waals surface area contributed by atoms with Crippen molar-refractivity contribution in [3.05, 3.63) is 108 Å². The molecule has 3 N–H and O–H groups in total. The minimum absolute atomic E-state index is 0.0787. The van der Waals surface area contributed by atoms with E-state index in [0.29, 0.717) is 49.9 Å². The summed E-state index contributed by atoms with van der Waals surface area (Å²) in [6, 6.07) is 19.7. The van der Waals surface area contributed by atoms with E-state index in [1.54, 1.807) is 55.9 Å².